The molecule has 1 unspecified atom stereocenters. The third kappa shape index (κ3) is 0.976. The van der Waals surface area contributed by atoms with E-state index in [0.29, 0.717) is 11.8 Å². The molecule has 14 heavy (non-hydrogen) atoms. The maximum Gasteiger partial charge on any atom is 0.134 e. The molecule has 1 N–H and O–H groups in total. The van der Waals surface area contributed by atoms with Crippen LogP contribution in [0.15, 0.2) is 30.3 Å². The molecule has 1 atom stereocenters. The molecule has 0 aromatic heterocycles. The van der Waals surface area contributed by atoms with E-state index < -0.39 is 0 Å². The van der Waals surface area contributed by atoms with Crippen LogP contribution in [0.2, 0.25) is 0 Å². The van der Waals surface area contributed by atoms with E-state index in [1.165, 1.54) is 5.56 Å². The summed E-state index contributed by atoms with van der Waals surface area (Å²) in [6.07, 6.45) is 1.55. The Morgan fingerprint density at radius 1 is 1.21 bits per heavy atom. The molecule has 1 saturated carbocycles. The molecule has 1 saturated heterocycles. The summed E-state index contributed by atoms with van der Waals surface area (Å²) in [6.45, 7) is 1.01. The van der Waals surface area contributed by atoms with E-state index in [-0.39, 0.29) is 5.41 Å². The van der Waals surface area contributed by atoms with Crippen LogP contribution in [0.3, 0.4) is 0 Å². The normalized spacial score (nSPS) is 28.3. The molecule has 1 aromatic rings. The molecule has 0 amide bonds. The van der Waals surface area contributed by atoms with Crippen molar-refractivity contribution >= 4 is 5.78 Å². The van der Waals surface area contributed by atoms with Crippen LogP contribution in [0.1, 0.15) is 24.4 Å². The van der Waals surface area contributed by atoms with E-state index in [9.17, 15) is 4.79 Å². The summed E-state index contributed by atoms with van der Waals surface area (Å²) in [7, 11) is 0. The number of benzene rings is 1. The van der Waals surface area contributed by atoms with Gasteiger partial charge in [-0.1, -0.05) is 30.3 Å². The van der Waals surface area contributed by atoms with Crippen molar-refractivity contribution in [2.75, 3.05) is 6.54 Å². The first kappa shape index (κ1) is 8.18. The summed E-state index contributed by atoms with van der Waals surface area (Å²) in [5, 5.41) is 3.42. The molecule has 2 nitrogen and oxygen atoms in total. The lowest BCUT2D eigenvalue weighted by Crippen LogP contribution is -2.62. The highest BCUT2D eigenvalue weighted by molar-refractivity contribution is 5.87. The maximum atomic E-state index is 11.1. The Hall–Kier alpha value is -1.15. The fourth-order valence-corrected chi connectivity index (χ4v) is 2.67. The van der Waals surface area contributed by atoms with Gasteiger partial charge in [0.2, 0.25) is 0 Å². The monoisotopic (exact) mass is 187 g/mol. The Morgan fingerprint density at radius 2 is 1.93 bits per heavy atom. The molecule has 2 heteroatoms. The first-order chi connectivity index (χ1) is 6.80. The van der Waals surface area contributed by atoms with Gasteiger partial charge in [-0.05, 0) is 5.56 Å². The van der Waals surface area contributed by atoms with Crippen molar-refractivity contribution in [1.82, 2.24) is 5.32 Å². The SMILES string of the molecule is O=C1CC2(CNC2c2ccccc2)C1. The molecule has 1 spiro atoms. The number of carbonyl (C=O) groups excluding carboxylic acids is 1. The van der Waals surface area contributed by atoms with Gasteiger partial charge in [-0.2, -0.15) is 0 Å². The molecule has 1 aromatic carbocycles. The van der Waals surface area contributed by atoms with Crippen LogP contribution < -0.4 is 5.32 Å². The van der Waals surface area contributed by atoms with Crippen LogP contribution in [-0.4, -0.2) is 12.3 Å². The Morgan fingerprint density at radius 3 is 2.43 bits per heavy atom. The highest BCUT2D eigenvalue weighted by Crippen LogP contribution is 2.53. The zero-order valence-electron chi connectivity index (χ0n) is 7.99. The molecule has 2 aliphatic rings. The molecular formula is C12H13NO. The summed E-state index contributed by atoms with van der Waals surface area (Å²) in [5.41, 5.74) is 1.60. The number of nitrogens with one attached hydrogen (secondary N) is 1. The zero-order chi connectivity index (χ0) is 9.60. The van der Waals surface area contributed by atoms with Gasteiger partial charge in [-0.3, -0.25) is 4.79 Å². The first-order valence-electron chi connectivity index (χ1n) is 5.10. The molecule has 3 rings (SSSR count). The molecule has 72 valence electrons. The minimum atomic E-state index is 0.276. The second kappa shape index (κ2) is 2.67. The van der Waals surface area contributed by atoms with Gasteiger partial charge >= 0.3 is 0 Å². The second-order valence-electron chi connectivity index (χ2n) is 4.48. The Balaban J connectivity index is 1.85. The quantitative estimate of drug-likeness (QED) is 0.724. The van der Waals surface area contributed by atoms with Crippen molar-refractivity contribution in [3.05, 3.63) is 35.9 Å². The number of hydrogen-bond acceptors (Lipinski definition) is 2. The topological polar surface area (TPSA) is 29.1 Å². The Bertz CT molecular complexity index is 363. The predicted octanol–water partition coefficient (Wildman–Crippen LogP) is 1.68. The van der Waals surface area contributed by atoms with E-state index in [0.717, 1.165) is 19.4 Å². The average molecular weight is 187 g/mol. The summed E-state index contributed by atoms with van der Waals surface area (Å²) >= 11 is 0. The van der Waals surface area contributed by atoms with Crippen molar-refractivity contribution < 1.29 is 4.79 Å². The fourth-order valence-electron chi connectivity index (χ4n) is 2.67. The third-order valence-corrected chi connectivity index (χ3v) is 3.50. The lowest BCUT2D eigenvalue weighted by atomic mass is 9.57. The number of rotatable bonds is 1. The van der Waals surface area contributed by atoms with Gasteiger partial charge in [0.15, 0.2) is 0 Å². The predicted molar refractivity (Wildman–Crippen MR) is 53.9 cm³/mol. The molecular weight excluding hydrogens is 174 g/mol. The van der Waals surface area contributed by atoms with Crippen LogP contribution in [0.4, 0.5) is 0 Å². The van der Waals surface area contributed by atoms with E-state index in [1.807, 2.05) is 6.07 Å². The van der Waals surface area contributed by atoms with Crippen molar-refractivity contribution in [3.8, 4) is 0 Å². The van der Waals surface area contributed by atoms with Crippen molar-refractivity contribution in [3.63, 3.8) is 0 Å². The fraction of sp³-hybridized carbons (Fsp3) is 0.417. The van der Waals surface area contributed by atoms with E-state index in [2.05, 4.69) is 29.6 Å². The van der Waals surface area contributed by atoms with Gasteiger partial charge in [-0.15, -0.1) is 0 Å². The summed E-state index contributed by atoms with van der Waals surface area (Å²) < 4.78 is 0. The zero-order valence-corrected chi connectivity index (χ0v) is 7.99. The van der Waals surface area contributed by atoms with Crippen LogP contribution in [0.25, 0.3) is 0 Å². The Kier molecular flexibility index (Phi) is 1.56. The highest BCUT2D eigenvalue weighted by Gasteiger charge is 2.55. The van der Waals surface area contributed by atoms with E-state index >= 15 is 0 Å². The van der Waals surface area contributed by atoms with Crippen molar-refractivity contribution in [2.24, 2.45) is 5.41 Å². The van der Waals surface area contributed by atoms with Crippen LogP contribution in [-0.2, 0) is 4.79 Å². The van der Waals surface area contributed by atoms with Crippen LogP contribution >= 0.6 is 0 Å². The molecule has 2 fully saturated rings. The third-order valence-electron chi connectivity index (χ3n) is 3.50. The number of carbonyl (C=O) groups is 1. The largest absolute Gasteiger partial charge is 0.309 e. The van der Waals surface area contributed by atoms with Gasteiger partial charge < -0.3 is 5.32 Å². The van der Waals surface area contributed by atoms with Gasteiger partial charge in [0, 0.05) is 30.8 Å². The number of Topliss-reactive ketones (excluding diaryl/α,β-unsaturated/α-hetero) is 1. The molecule has 1 heterocycles. The van der Waals surface area contributed by atoms with Gasteiger partial charge in [0.1, 0.15) is 5.78 Å². The van der Waals surface area contributed by atoms with Crippen molar-refractivity contribution in [1.29, 1.82) is 0 Å². The lowest BCUT2D eigenvalue weighted by Gasteiger charge is -2.55. The molecule has 1 aliphatic carbocycles. The number of ketones is 1. The maximum absolute atomic E-state index is 11.1. The first-order valence-corrected chi connectivity index (χ1v) is 5.10. The smallest absolute Gasteiger partial charge is 0.134 e. The number of hydrogen-bond donors (Lipinski definition) is 1. The Labute approximate surface area is 83.3 Å². The minimum Gasteiger partial charge on any atom is -0.309 e. The van der Waals surface area contributed by atoms with Crippen LogP contribution in [0.5, 0.6) is 0 Å². The molecule has 0 bridgehead atoms. The standard InChI is InChI=1S/C12H13NO/c14-10-6-12(7-10)8-13-11(12)9-4-2-1-3-5-9/h1-5,11,13H,6-8H2. The minimum absolute atomic E-state index is 0.276. The van der Waals surface area contributed by atoms with Gasteiger partial charge in [0.05, 0.1) is 0 Å². The van der Waals surface area contributed by atoms with Crippen LogP contribution in [0, 0.1) is 5.41 Å². The van der Waals surface area contributed by atoms with Gasteiger partial charge in [0.25, 0.3) is 0 Å². The summed E-state index contributed by atoms with van der Waals surface area (Å²) in [5.74, 6) is 0.424. The molecule has 0 radical (unpaired) electrons. The average Bonchev–Trinajstić information content (AvgIpc) is 2.13. The lowest BCUT2D eigenvalue weighted by molar-refractivity contribution is -0.140. The highest BCUT2D eigenvalue weighted by atomic mass is 16.1. The van der Waals surface area contributed by atoms with Gasteiger partial charge in [-0.25, -0.2) is 0 Å². The summed E-state index contributed by atoms with van der Waals surface area (Å²) in [6, 6.07) is 10.8. The molecule has 1 aliphatic heterocycles. The van der Waals surface area contributed by atoms with Crippen molar-refractivity contribution in [2.45, 2.75) is 18.9 Å². The summed E-state index contributed by atoms with van der Waals surface area (Å²) in [4.78, 5) is 11.1. The van der Waals surface area contributed by atoms with E-state index in [1.54, 1.807) is 0 Å². The second-order valence-corrected chi connectivity index (χ2v) is 4.48. The van der Waals surface area contributed by atoms with E-state index in [4.69, 9.17) is 0 Å².